The first-order chi connectivity index (χ1) is 22.1. The van der Waals surface area contributed by atoms with E-state index >= 15 is 0 Å². The van der Waals surface area contributed by atoms with Crippen LogP contribution < -0.4 is 10.1 Å². The van der Waals surface area contributed by atoms with Gasteiger partial charge >= 0.3 is 0 Å². The van der Waals surface area contributed by atoms with E-state index in [-0.39, 0.29) is 17.8 Å². The molecule has 0 spiro atoms. The predicted octanol–water partition coefficient (Wildman–Crippen LogP) is 12.1. The van der Waals surface area contributed by atoms with E-state index in [0.717, 1.165) is 18.5 Å². The van der Waals surface area contributed by atoms with Gasteiger partial charge in [-0.05, 0) is 96.9 Å². The third-order valence-corrected chi connectivity index (χ3v) is 6.35. The molecule has 0 saturated carbocycles. The lowest BCUT2D eigenvalue weighted by molar-refractivity contribution is -0.117. The molecule has 0 bridgehead atoms. The average Bonchev–Trinajstić information content (AvgIpc) is 3.07. The number of nitrogens with one attached hydrogen (secondary N) is 1. The Labute approximate surface area is 288 Å². The fourth-order valence-corrected chi connectivity index (χ4v) is 3.94. The van der Waals surface area contributed by atoms with Crippen LogP contribution in [0.1, 0.15) is 137 Å². The van der Waals surface area contributed by atoms with Crippen molar-refractivity contribution in [3.05, 3.63) is 82.4 Å². The van der Waals surface area contributed by atoms with Gasteiger partial charge in [-0.3, -0.25) is 9.79 Å². The maximum atomic E-state index is 11.9. The zero-order chi connectivity index (χ0) is 35.9. The smallest absolute Gasteiger partial charge is 0.251 e. The quantitative estimate of drug-likeness (QED) is 0.125. The van der Waals surface area contributed by atoms with E-state index in [1.165, 1.54) is 24.5 Å². The molecule has 2 aromatic rings. The number of ether oxygens (including phenoxy) is 1. The van der Waals surface area contributed by atoms with Gasteiger partial charge in [0.1, 0.15) is 11.5 Å². The van der Waals surface area contributed by atoms with E-state index in [1.54, 1.807) is 18.2 Å². The first-order valence-electron chi connectivity index (χ1n) is 17.2. The summed E-state index contributed by atoms with van der Waals surface area (Å²) < 4.78 is 5.50. The molecule has 0 aromatic heterocycles. The fourth-order valence-electron chi connectivity index (χ4n) is 3.72. The fraction of sp³-hybridized carbons (Fsp3) is 0.525. The molecule has 0 aliphatic heterocycles. The van der Waals surface area contributed by atoms with E-state index < -0.39 is 0 Å². The number of ketones is 1. The Kier molecular flexibility index (Phi) is 32.6. The lowest BCUT2D eigenvalue weighted by atomic mass is 10.0. The van der Waals surface area contributed by atoms with Crippen molar-refractivity contribution < 1.29 is 14.3 Å². The van der Waals surface area contributed by atoms with Crippen LogP contribution in [0.4, 0.5) is 0 Å². The van der Waals surface area contributed by atoms with Crippen LogP contribution in [0.15, 0.2) is 65.7 Å². The number of halogens is 1. The number of hydrogen-bond acceptors (Lipinski definition) is 4. The number of amides is 1. The Morgan fingerprint density at radius 1 is 0.957 bits per heavy atom. The number of hydrogen-bond donors (Lipinski definition) is 1. The summed E-state index contributed by atoms with van der Waals surface area (Å²) in [6.45, 7) is 26.3. The summed E-state index contributed by atoms with van der Waals surface area (Å²) in [5.41, 5.74) is 4.02. The standard InChI is InChI=1S/C19H27N.C15H20ClNO3.3C2H6/c1-5-8-9-10-17(6-2)15-20-19(7-3)18-13-11-16(4)12-14-18;1-10(2)20-14-7-6-12(9-13(14)16)15(19)17-8-4-5-11(3)18;3*1-2/h5,7-8,11-15,17H,6,9-10H2,1-4H3;6-7,9-10H,4-5,8H2,1-3H3,(H,17,19);3*1-2H3/b8-5-,19-7-,20-15?;;;;. The summed E-state index contributed by atoms with van der Waals surface area (Å²) >= 11 is 6.07. The second-order valence-corrected chi connectivity index (χ2v) is 10.4. The van der Waals surface area contributed by atoms with Crippen molar-refractivity contribution in [1.29, 1.82) is 0 Å². The molecule has 1 amide bonds. The van der Waals surface area contributed by atoms with Crippen LogP contribution in [0.5, 0.6) is 5.75 Å². The van der Waals surface area contributed by atoms with Crippen molar-refractivity contribution in [1.82, 2.24) is 5.32 Å². The number of carbonyl (C=O) groups is 2. The molecule has 0 aliphatic rings. The van der Waals surface area contributed by atoms with Gasteiger partial charge in [0.25, 0.3) is 5.91 Å². The molecule has 6 heteroatoms. The number of aryl methyl sites for hydroxylation is 1. The molecule has 0 radical (unpaired) electrons. The number of rotatable bonds is 14. The summed E-state index contributed by atoms with van der Waals surface area (Å²) in [6.07, 6.45) is 13.2. The van der Waals surface area contributed by atoms with Crippen LogP contribution in [0.2, 0.25) is 5.02 Å². The van der Waals surface area contributed by atoms with Gasteiger partial charge in [0.05, 0.1) is 16.8 Å². The molecule has 260 valence electrons. The first kappa shape index (κ1) is 47.2. The minimum atomic E-state index is -0.202. The van der Waals surface area contributed by atoms with Crippen LogP contribution in [0.3, 0.4) is 0 Å². The molecule has 0 fully saturated rings. The first-order valence-corrected chi connectivity index (χ1v) is 17.6. The number of allylic oxidation sites excluding steroid dienone is 3. The van der Waals surface area contributed by atoms with Crippen LogP contribution in [0, 0.1) is 12.8 Å². The molecule has 1 N–H and O–H groups in total. The SMILES string of the molecule is C/C=C\CCC(C=N/C(=C\C)c1ccc(C)cc1)CC.CC.CC.CC.CC(=O)CCCNC(=O)c1ccc(OC(C)C)c(Cl)c1. The Balaban J connectivity index is -0.000000691. The lowest BCUT2D eigenvalue weighted by Crippen LogP contribution is -2.24. The van der Waals surface area contributed by atoms with Gasteiger partial charge in [0.15, 0.2) is 0 Å². The molecule has 0 heterocycles. The van der Waals surface area contributed by atoms with Crippen LogP contribution in [0.25, 0.3) is 5.70 Å². The van der Waals surface area contributed by atoms with Crippen LogP contribution in [-0.2, 0) is 4.79 Å². The van der Waals surface area contributed by atoms with Gasteiger partial charge < -0.3 is 14.8 Å². The summed E-state index contributed by atoms with van der Waals surface area (Å²) in [5.74, 6) is 1.05. The van der Waals surface area contributed by atoms with E-state index in [1.807, 2.05) is 62.3 Å². The van der Waals surface area contributed by atoms with Crippen molar-refractivity contribution >= 4 is 35.2 Å². The zero-order valence-corrected chi connectivity index (χ0v) is 32.1. The molecule has 1 unspecified atom stereocenters. The Morgan fingerprint density at radius 2 is 1.54 bits per heavy atom. The highest BCUT2D eigenvalue weighted by atomic mass is 35.5. The third-order valence-electron chi connectivity index (χ3n) is 6.06. The van der Waals surface area contributed by atoms with Crippen molar-refractivity contribution in [2.45, 2.75) is 128 Å². The van der Waals surface area contributed by atoms with Gasteiger partial charge in [-0.15, -0.1) is 0 Å². The Bertz CT molecular complexity index is 1140. The zero-order valence-electron chi connectivity index (χ0n) is 31.3. The van der Waals surface area contributed by atoms with Crippen molar-refractivity contribution in [3.8, 4) is 5.75 Å². The normalized spacial score (nSPS) is 11.2. The summed E-state index contributed by atoms with van der Waals surface area (Å²) in [5, 5.41) is 3.16. The van der Waals surface area contributed by atoms with E-state index in [2.05, 4.69) is 74.8 Å². The van der Waals surface area contributed by atoms with Gasteiger partial charge in [-0.1, -0.05) is 108 Å². The summed E-state index contributed by atoms with van der Waals surface area (Å²) in [7, 11) is 0. The number of carbonyl (C=O) groups excluding carboxylic acids is 2. The minimum absolute atomic E-state index is 0.0266. The van der Waals surface area contributed by atoms with Crippen molar-refractivity contribution in [2.75, 3.05) is 6.54 Å². The molecule has 1 atom stereocenters. The number of benzene rings is 2. The Morgan fingerprint density at radius 3 is 2.02 bits per heavy atom. The number of nitrogens with zero attached hydrogens (tertiary/aromatic N) is 1. The highest BCUT2D eigenvalue weighted by Crippen LogP contribution is 2.26. The van der Waals surface area contributed by atoms with Gasteiger partial charge in [0, 0.05) is 24.7 Å². The summed E-state index contributed by atoms with van der Waals surface area (Å²) in [4.78, 5) is 27.4. The molecule has 46 heavy (non-hydrogen) atoms. The molecule has 2 rings (SSSR count). The van der Waals surface area contributed by atoms with Gasteiger partial charge in [-0.2, -0.15) is 0 Å². The Hall–Kier alpha value is -3.18. The van der Waals surface area contributed by atoms with Gasteiger partial charge in [-0.25, -0.2) is 0 Å². The molecular weight excluding hydrogens is 592 g/mol. The van der Waals surface area contributed by atoms with Crippen molar-refractivity contribution in [3.63, 3.8) is 0 Å². The predicted molar refractivity (Wildman–Crippen MR) is 205 cm³/mol. The highest BCUT2D eigenvalue weighted by Gasteiger charge is 2.10. The molecule has 0 aliphatic carbocycles. The minimum Gasteiger partial charge on any atom is -0.489 e. The lowest BCUT2D eigenvalue weighted by Gasteiger charge is -2.12. The van der Waals surface area contributed by atoms with Crippen LogP contribution >= 0.6 is 11.6 Å². The van der Waals surface area contributed by atoms with Gasteiger partial charge in [0.2, 0.25) is 0 Å². The second kappa shape index (κ2) is 31.8. The highest BCUT2D eigenvalue weighted by molar-refractivity contribution is 6.32. The third kappa shape index (κ3) is 23.2. The maximum absolute atomic E-state index is 11.9. The maximum Gasteiger partial charge on any atom is 0.251 e. The number of Topliss-reactive ketones (excluding diaryl/α,β-unsaturated/α-hetero) is 1. The average molecular weight is 657 g/mol. The van der Waals surface area contributed by atoms with E-state index in [9.17, 15) is 9.59 Å². The largest absolute Gasteiger partial charge is 0.489 e. The molecule has 5 nitrogen and oxygen atoms in total. The molecule has 0 saturated heterocycles. The van der Waals surface area contributed by atoms with E-state index in [4.69, 9.17) is 21.3 Å². The van der Waals surface area contributed by atoms with Crippen molar-refractivity contribution in [2.24, 2.45) is 10.9 Å². The molecule has 2 aromatic carbocycles. The molecular formula is C40H65ClN2O3. The monoisotopic (exact) mass is 656 g/mol. The van der Waals surface area contributed by atoms with Crippen LogP contribution in [-0.4, -0.2) is 30.6 Å². The second-order valence-electron chi connectivity index (χ2n) is 10.0. The topological polar surface area (TPSA) is 67.8 Å². The van der Waals surface area contributed by atoms with E-state index in [0.29, 0.717) is 41.6 Å². The number of aliphatic imine (C=N–C) groups is 1. The summed E-state index contributed by atoms with van der Waals surface area (Å²) in [6, 6.07) is 13.5.